The largest absolute Gasteiger partial charge is 0.335 e. The monoisotopic (exact) mass is 431 g/mol. The van der Waals surface area contributed by atoms with E-state index in [-0.39, 0.29) is 24.3 Å². The van der Waals surface area contributed by atoms with Crippen LogP contribution in [0.2, 0.25) is 0 Å². The van der Waals surface area contributed by atoms with Gasteiger partial charge in [-0.25, -0.2) is 0 Å². The van der Waals surface area contributed by atoms with Crippen molar-refractivity contribution in [2.45, 2.75) is 25.3 Å². The van der Waals surface area contributed by atoms with E-state index >= 15 is 0 Å². The predicted octanol–water partition coefficient (Wildman–Crippen LogP) is 2.74. The van der Waals surface area contributed by atoms with Crippen LogP contribution in [0.1, 0.15) is 18.4 Å². The Balaban J connectivity index is 1.52. The molecule has 4 rings (SSSR count). The van der Waals surface area contributed by atoms with Crippen LogP contribution >= 0.6 is 0 Å². The molecule has 1 atom stereocenters. The van der Waals surface area contributed by atoms with Crippen molar-refractivity contribution in [2.24, 2.45) is 0 Å². The normalized spacial score (nSPS) is 18.9. The van der Waals surface area contributed by atoms with Crippen LogP contribution in [0.15, 0.2) is 67.3 Å². The molecule has 0 N–H and O–H groups in total. The quantitative estimate of drug-likeness (QED) is 0.634. The molecular weight excluding hydrogens is 402 g/mol. The lowest BCUT2D eigenvalue weighted by atomic mass is 9.98. The molecule has 32 heavy (non-hydrogen) atoms. The van der Waals surface area contributed by atoms with E-state index in [0.29, 0.717) is 39.0 Å². The Morgan fingerprint density at radius 1 is 0.938 bits per heavy atom. The van der Waals surface area contributed by atoms with Crippen molar-refractivity contribution in [1.29, 1.82) is 0 Å². The third kappa shape index (κ3) is 4.74. The summed E-state index contributed by atoms with van der Waals surface area (Å²) in [6.07, 6.45) is 3.44. The molecule has 6 nitrogen and oxygen atoms in total. The van der Waals surface area contributed by atoms with Gasteiger partial charge in [0, 0.05) is 39.0 Å². The number of benzene rings is 2. The summed E-state index contributed by atoms with van der Waals surface area (Å²) in [6.45, 7) is 5.83. The molecule has 0 bridgehead atoms. The van der Waals surface area contributed by atoms with Crippen LogP contribution in [0, 0.1) is 0 Å². The molecule has 2 fully saturated rings. The van der Waals surface area contributed by atoms with Crippen molar-refractivity contribution in [1.82, 2.24) is 14.7 Å². The van der Waals surface area contributed by atoms with Crippen LogP contribution in [-0.4, -0.2) is 71.2 Å². The van der Waals surface area contributed by atoms with Gasteiger partial charge in [0.05, 0.1) is 6.54 Å². The smallest absolute Gasteiger partial charge is 0.246 e. The highest BCUT2D eigenvalue weighted by atomic mass is 16.2. The van der Waals surface area contributed by atoms with E-state index in [9.17, 15) is 14.4 Å². The van der Waals surface area contributed by atoms with E-state index in [4.69, 9.17) is 0 Å². The van der Waals surface area contributed by atoms with E-state index < -0.39 is 6.04 Å². The molecule has 2 heterocycles. The van der Waals surface area contributed by atoms with Crippen LogP contribution in [0.4, 0.5) is 0 Å². The van der Waals surface area contributed by atoms with Gasteiger partial charge in [-0.05, 0) is 23.1 Å². The Hall–Kier alpha value is -3.41. The molecule has 6 heteroatoms. The lowest BCUT2D eigenvalue weighted by Crippen LogP contribution is -2.60. The number of rotatable bonds is 7. The van der Waals surface area contributed by atoms with Crippen molar-refractivity contribution in [2.75, 3.05) is 32.7 Å². The van der Waals surface area contributed by atoms with Gasteiger partial charge in [0.1, 0.15) is 6.04 Å². The predicted molar refractivity (Wildman–Crippen MR) is 124 cm³/mol. The zero-order chi connectivity index (χ0) is 22.5. The SMILES string of the molecule is C=CCN1CCN(C(=O)CN2CCCC2=O)C(Cc2ccc(-c3ccccc3)cc2)C1=O. The fourth-order valence-electron chi connectivity index (χ4n) is 4.48. The number of hydrogen-bond donors (Lipinski definition) is 0. The van der Waals surface area contributed by atoms with Gasteiger partial charge in [-0.1, -0.05) is 60.7 Å². The summed E-state index contributed by atoms with van der Waals surface area (Å²) in [5.41, 5.74) is 3.24. The molecule has 0 saturated carbocycles. The van der Waals surface area contributed by atoms with Crippen molar-refractivity contribution in [3.8, 4) is 11.1 Å². The van der Waals surface area contributed by atoms with E-state index in [0.717, 1.165) is 23.1 Å². The second-order valence-corrected chi connectivity index (χ2v) is 8.36. The Morgan fingerprint density at radius 3 is 2.31 bits per heavy atom. The molecule has 0 aromatic heterocycles. The van der Waals surface area contributed by atoms with Gasteiger partial charge in [-0.2, -0.15) is 0 Å². The second kappa shape index (κ2) is 9.81. The Morgan fingerprint density at radius 2 is 1.66 bits per heavy atom. The lowest BCUT2D eigenvalue weighted by molar-refractivity contribution is -0.152. The standard InChI is InChI=1S/C26H29N3O3/c1-2-14-27-16-17-29(25(31)19-28-15-6-9-24(28)30)23(26(27)32)18-20-10-12-22(13-11-20)21-7-4-3-5-8-21/h2-5,7-8,10-13,23H,1,6,9,14-19H2. The maximum Gasteiger partial charge on any atom is 0.246 e. The molecule has 166 valence electrons. The summed E-state index contributed by atoms with van der Waals surface area (Å²) in [7, 11) is 0. The van der Waals surface area contributed by atoms with Crippen LogP contribution in [0.25, 0.3) is 11.1 Å². The summed E-state index contributed by atoms with van der Waals surface area (Å²) in [5.74, 6) is -0.204. The number of piperazine rings is 1. The zero-order valence-electron chi connectivity index (χ0n) is 18.3. The zero-order valence-corrected chi connectivity index (χ0v) is 18.3. The summed E-state index contributed by atoms with van der Waals surface area (Å²) in [6, 6.07) is 17.7. The number of likely N-dealkylation sites (tertiary alicyclic amines) is 1. The number of carbonyl (C=O) groups is 3. The molecule has 0 spiro atoms. The number of hydrogen-bond acceptors (Lipinski definition) is 3. The van der Waals surface area contributed by atoms with Crippen molar-refractivity contribution in [3.05, 3.63) is 72.8 Å². The van der Waals surface area contributed by atoms with Crippen LogP contribution < -0.4 is 0 Å². The molecule has 2 aromatic carbocycles. The van der Waals surface area contributed by atoms with Gasteiger partial charge >= 0.3 is 0 Å². The maximum absolute atomic E-state index is 13.2. The van der Waals surface area contributed by atoms with E-state index in [1.54, 1.807) is 20.8 Å². The lowest BCUT2D eigenvalue weighted by Gasteiger charge is -2.41. The molecule has 2 aliphatic heterocycles. The fourth-order valence-corrected chi connectivity index (χ4v) is 4.48. The van der Waals surface area contributed by atoms with Crippen molar-refractivity contribution >= 4 is 17.7 Å². The van der Waals surface area contributed by atoms with Gasteiger partial charge in [-0.15, -0.1) is 6.58 Å². The number of nitrogens with zero attached hydrogens (tertiary/aromatic N) is 3. The van der Waals surface area contributed by atoms with Gasteiger partial charge in [0.2, 0.25) is 17.7 Å². The third-order valence-electron chi connectivity index (χ3n) is 6.24. The average Bonchev–Trinajstić information content (AvgIpc) is 3.22. The Bertz CT molecular complexity index is 987. The molecule has 2 aliphatic rings. The molecule has 1 unspecified atom stereocenters. The Kier molecular flexibility index (Phi) is 6.69. The summed E-state index contributed by atoms with van der Waals surface area (Å²) in [5, 5.41) is 0. The highest BCUT2D eigenvalue weighted by molar-refractivity contribution is 5.91. The summed E-state index contributed by atoms with van der Waals surface area (Å²) < 4.78 is 0. The first kappa shape index (κ1) is 21.8. The minimum Gasteiger partial charge on any atom is -0.335 e. The number of carbonyl (C=O) groups excluding carboxylic acids is 3. The first-order valence-corrected chi connectivity index (χ1v) is 11.2. The molecule has 2 aromatic rings. The highest BCUT2D eigenvalue weighted by Crippen LogP contribution is 2.22. The van der Waals surface area contributed by atoms with Crippen LogP contribution in [0.3, 0.4) is 0 Å². The van der Waals surface area contributed by atoms with E-state index in [1.165, 1.54) is 0 Å². The molecule has 3 amide bonds. The van der Waals surface area contributed by atoms with Gasteiger partial charge in [-0.3, -0.25) is 14.4 Å². The molecule has 0 radical (unpaired) electrons. The van der Waals surface area contributed by atoms with Crippen LogP contribution in [0.5, 0.6) is 0 Å². The number of amides is 3. The summed E-state index contributed by atoms with van der Waals surface area (Å²) >= 11 is 0. The topological polar surface area (TPSA) is 60.9 Å². The van der Waals surface area contributed by atoms with E-state index in [1.807, 2.05) is 30.3 Å². The third-order valence-corrected chi connectivity index (χ3v) is 6.24. The van der Waals surface area contributed by atoms with Crippen LogP contribution in [-0.2, 0) is 20.8 Å². The minimum atomic E-state index is -0.573. The summed E-state index contributed by atoms with van der Waals surface area (Å²) in [4.78, 5) is 43.3. The molecule has 0 aliphatic carbocycles. The minimum absolute atomic E-state index is 0.0167. The average molecular weight is 432 g/mol. The second-order valence-electron chi connectivity index (χ2n) is 8.36. The van der Waals surface area contributed by atoms with Crippen molar-refractivity contribution < 1.29 is 14.4 Å². The van der Waals surface area contributed by atoms with Gasteiger partial charge < -0.3 is 14.7 Å². The van der Waals surface area contributed by atoms with Crippen molar-refractivity contribution in [3.63, 3.8) is 0 Å². The van der Waals surface area contributed by atoms with Gasteiger partial charge in [0.15, 0.2) is 0 Å². The maximum atomic E-state index is 13.2. The highest BCUT2D eigenvalue weighted by Gasteiger charge is 2.38. The van der Waals surface area contributed by atoms with E-state index in [2.05, 4.69) is 30.8 Å². The van der Waals surface area contributed by atoms with Gasteiger partial charge in [0.25, 0.3) is 0 Å². The fraction of sp³-hybridized carbons (Fsp3) is 0.346. The Labute approximate surface area is 189 Å². The molecular formula is C26H29N3O3. The molecule has 2 saturated heterocycles. The first-order valence-electron chi connectivity index (χ1n) is 11.2. The first-order chi connectivity index (χ1) is 15.6.